The van der Waals surface area contributed by atoms with Gasteiger partial charge in [-0.15, -0.1) is 0 Å². The number of carbonyl (C=O) groups excluding carboxylic acids is 2. The topological polar surface area (TPSA) is 142 Å². The largest absolute Gasteiger partial charge is 0.497 e. The highest BCUT2D eigenvalue weighted by molar-refractivity contribution is 7.89. The van der Waals surface area contributed by atoms with Gasteiger partial charge in [-0.05, 0) is 37.1 Å². The van der Waals surface area contributed by atoms with Crippen molar-refractivity contribution >= 4 is 39.1 Å². The Labute approximate surface area is 206 Å². The van der Waals surface area contributed by atoms with Crippen LogP contribution in [-0.4, -0.2) is 63.3 Å². The van der Waals surface area contributed by atoms with Crippen molar-refractivity contribution in [2.45, 2.75) is 17.7 Å². The van der Waals surface area contributed by atoms with Gasteiger partial charge < -0.3 is 14.2 Å². The molecule has 0 amide bonds. The van der Waals surface area contributed by atoms with Gasteiger partial charge in [0.25, 0.3) is 5.69 Å². The minimum atomic E-state index is -4.11. The van der Waals surface area contributed by atoms with Gasteiger partial charge in [0.1, 0.15) is 16.4 Å². The first-order chi connectivity index (χ1) is 16.6. The van der Waals surface area contributed by atoms with Crippen LogP contribution in [0.1, 0.15) is 23.2 Å². The molecule has 0 bridgehead atoms. The molecule has 0 aromatic heterocycles. The number of Topliss-reactive ketones (excluding diaryl/α,β-unsaturated/α-hetero) is 1. The number of halogens is 1. The van der Waals surface area contributed by atoms with Crippen LogP contribution in [0.3, 0.4) is 0 Å². The van der Waals surface area contributed by atoms with E-state index in [0.717, 1.165) is 22.5 Å². The minimum Gasteiger partial charge on any atom is -0.497 e. The number of hydrogen-bond acceptors (Lipinski definition) is 9. The molecule has 1 aliphatic heterocycles. The molecule has 0 atom stereocenters. The number of ketones is 1. The molecule has 0 N–H and O–H groups in total. The Hall–Kier alpha value is -3.22. The van der Waals surface area contributed by atoms with Crippen LogP contribution in [0, 0.1) is 16.0 Å². The van der Waals surface area contributed by atoms with Crippen molar-refractivity contribution in [2.24, 2.45) is 5.92 Å². The number of sulfonamides is 1. The number of methoxy groups -OCH3 is 2. The monoisotopic (exact) mass is 526 g/mol. The number of hydrogen-bond donors (Lipinski definition) is 0. The quantitative estimate of drug-likeness (QED) is 0.208. The standard InChI is InChI=1S/C22H23ClN2O9S/c1-32-16-4-6-20(33-2)17(12-16)19(26)13-34-22(27)14-7-9-24(10-8-14)35(30,31)21-11-15(25(28)29)3-5-18(21)23/h3-6,11-12,14H,7-10,13H2,1-2H3. The Balaban J connectivity index is 1.61. The lowest BCUT2D eigenvalue weighted by Crippen LogP contribution is -2.40. The van der Waals surface area contributed by atoms with Crippen LogP contribution < -0.4 is 9.47 Å². The number of nitrogens with zero attached hydrogens (tertiary/aromatic N) is 2. The fourth-order valence-electron chi connectivity index (χ4n) is 3.64. The van der Waals surface area contributed by atoms with Crippen molar-refractivity contribution in [3.8, 4) is 11.5 Å². The van der Waals surface area contributed by atoms with Crippen molar-refractivity contribution in [3.63, 3.8) is 0 Å². The van der Waals surface area contributed by atoms with Gasteiger partial charge in [-0.1, -0.05) is 11.6 Å². The molecule has 2 aromatic carbocycles. The summed E-state index contributed by atoms with van der Waals surface area (Å²) in [6.45, 7) is -0.540. The van der Waals surface area contributed by atoms with Crippen molar-refractivity contribution < 1.29 is 37.1 Å². The van der Waals surface area contributed by atoms with Crippen molar-refractivity contribution in [1.29, 1.82) is 0 Å². The van der Waals surface area contributed by atoms with Crippen molar-refractivity contribution in [1.82, 2.24) is 4.31 Å². The van der Waals surface area contributed by atoms with Gasteiger partial charge in [0, 0.05) is 25.2 Å². The number of carbonyl (C=O) groups is 2. The van der Waals surface area contributed by atoms with Crippen LogP contribution in [-0.2, 0) is 19.6 Å². The van der Waals surface area contributed by atoms with E-state index in [9.17, 15) is 28.1 Å². The Kier molecular flexibility index (Phi) is 8.30. The first-order valence-corrected chi connectivity index (χ1v) is 12.3. The van der Waals surface area contributed by atoms with Gasteiger partial charge in [0.15, 0.2) is 6.61 Å². The number of nitro groups is 1. The summed E-state index contributed by atoms with van der Waals surface area (Å²) in [4.78, 5) is 35.0. The lowest BCUT2D eigenvalue weighted by Gasteiger charge is -2.30. The summed E-state index contributed by atoms with van der Waals surface area (Å²) in [5.74, 6) is -0.954. The van der Waals surface area contributed by atoms with Gasteiger partial charge in [0.2, 0.25) is 15.8 Å². The molecule has 3 rings (SSSR count). The summed E-state index contributed by atoms with van der Waals surface area (Å²) in [5.41, 5.74) is -0.196. The molecule has 1 fully saturated rings. The fourth-order valence-corrected chi connectivity index (χ4v) is 5.60. The summed E-state index contributed by atoms with van der Waals surface area (Å²) >= 11 is 5.99. The van der Waals surface area contributed by atoms with E-state index in [1.165, 1.54) is 20.3 Å². The first-order valence-electron chi connectivity index (χ1n) is 10.4. The smallest absolute Gasteiger partial charge is 0.309 e. The number of benzene rings is 2. The highest BCUT2D eigenvalue weighted by Crippen LogP contribution is 2.31. The number of piperidine rings is 1. The van der Waals surface area contributed by atoms with Crippen LogP contribution in [0.25, 0.3) is 0 Å². The molecule has 13 heteroatoms. The summed E-state index contributed by atoms with van der Waals surface area (Å²) in [6, 6.07) is 7.87. The molecule has 11 nitrogen and oxygen atoms in total. The van der Waals surface area contributed by atoms with E-state index in [1.807, 2.05) is 0 Å². The van der Waals surface area contributed by atoms with Crippen LogP contribution in [0.5, 0.6) is 11.5 Å². The van der Waals surface area contributed by atoms with Crippen LogP contribution in [0.2, 0.25) is 5.02 Å². The number of ether oxygens (including phenoxy) is 3. The Morgan fingerprint density at radius 2 is 1.80 bits per heavy atom. The number of non-ortho nitro benzene ring substituents is 1. The summed E-state index contributed by atoms with van der Waals surface area (Å²) in [7, 11) is -1.24. The lowest BCUT2D eigenvalue weighted by molar-refractivity contribution is -0.385. The number of esters is 1. The van der Waals surface area contributed by atoms with Crippen molar-refractivity contribution in [2.75, 3.05) is 33.9 Å². The molecule has 0 spiro atoms. The molecule has 0 radical (unpaired) electrons. The molecule has 35 heavy (non-hydrogen) atoms. The summed E-state index contributed by atoms with van der Waals surface area (Å²) < 4.78 is 42.5. The molecule has 1 saturated heterocycles. The maximum Gasteiger partial charge on any atom is 0.309 e. The average Bonchev–Trinajstić information content (AvgIpc) is 2.86. The maximum atomic E-state index is 13.0. The predicted octanol–water partition coefficient (Wildman–Crippen LogP) is 3.09. The first kappa shape index (κ1) is 26.4. The molecule has 0 saturated carbocycles. The molecule has 2 aromatic rings. The van der Waals surface area contributed by atoms with E-state index < -0.39 is 44.9 Å². The Morgan fingerprint density at radius 3 is 2.40 bits per heavy atom. The van der Waals surface area contributed by atoms with Crippen LogP contribution in [0.4, 0.5) is 5.69 Å². The van der Waals surface area contributed by atoms with Gasteiger partial charge in [-0.3, -0.25) is 19.7 Å². The normalized spacial score (nSPS) is 14.8. The highest BCUT2D eigenvalue weighted by Gasteiger charge is 2.35. The van der Waals surface area contributed by atoms with E-state index in [-0.39, 0.29) is 41.4 Å². The SMILES string of the molecule is COc1ccc(OC)c(C(=O)COC(=O)C2CCN(S(=O)(=O)c3cc([N+](=O)[O-])ccc3Cl)CC2)c1. The second kappa shape index (κ2) is 11.0. The second-order valence-electron chi connectivity index (χ2n) is 7.65. The van der Waals surface area contributed by atoms with E-state index in [4.69, 9.17) is 25.8 Å². The molecular weight excluding hydrogens is 504 g/mol. The van der Waals surface area contributed by atoms with Gasteiger partial charge in [-0.2, -0.15) is 4.31 Å². The fraction of sp³-hybridized carbons (Fsp3) is 0.364. The van der Waals surface area contributed by atoms with Crippen molar-refractivity contribution in [3.05, 3.63) is 57.1 Å². The highest BCUT2D eigenvalue weighted by atomic mass is 35.5. The van der Waals surface area contributed by atoms with Crippen LogP contribution in [0.15, 0.2) is 41.3 Å². The van der Waals surface area contributed by atoms with Gasteiger partial charge in [-0.25, -0.2) is 8.42 Å². The zero-order chi connectivity index (χ0) is 25.8. The van der Waals surface area contributed by atoms with Gasteiger partial charge in [0.05, 0.1) is 35.6 Å². The van der Waals surface area contributed by atoms with E-state index in [2.05, 4.69) is 0 Å². The molecular formula is C22H23ClN2O9S. The third-order valence-corrected chi connectivity index (χ3v) is 7.96. The summed E-state index contributed by atoms with van der Waals surface area (Å²) in [6.07, 6.45) is 0.308. The molecule has 0 unspecified atom stereocenters. The molecule has 0 aliphatic carbocycles. The van der Waals surface area contributed by atoms with E-state index in [0.29, 0.717) is 11.5 Å². The third kappa shape index (κ3) is 5.89. The molecule has 1 aliphatic rings. The summed E-state index contributed by atoms with van der Waals surface area (Å²) in [5, 5.41) is 10.9. The van der Waals surface area contributed by atoms with Crippen LogP contribution >= 0.6 is 11.6 Å². The third-order valence-electron chi connectivity index (χ3n) is 5.58. The molecule has 1 heterocycles. The second-order valence-corrected chi connectivity index (χ2v) is 9.96. The lowest BCUT2D eigenvalue weighted by atomic mass is 9.98. The van der Waals surface area contributed by atoms with E-state index in [1.54, 1.807) is 12.1 Å². The predicted molar refractivity (Wildman–Crippen MR) is 124 cm³/mol. The molecule has 188 valence electrons. The number of rotatable bonds is 9. The van der Waals surface area contributed by atoms with E-state index >= 15 is 0 Å². The average molecular weight is 527 g/mol. The zero-order valence-electron chi connectivity index (χ0n) is 18.9. The zero-order valence-corrected chi connectivity index (χ0v) is 20.5. The Bertz CT molecular complexity index is 1240. The maximum absolute atomic E-state index is 13.0. The Morgan fingerprint density at radius 1 is 1.11 bits per heavy atom. The minimum absolute atomic E-state index is 0.0151. The number of nitro benzene ring substituents is 1. The van der Waals surface area contributed by atoms with Gasteiger partial charge >= 0.3 is 5.97 Å².